The topological polar surface area (TPSA) is 66.5 Å². The number of hydrogen-bond donors (Lipinski definition) is 1. The molecule has 0 spiro atoms. The molecular formula is C18H24N2O3S. The van der Waals surface area contributed by atoms with Crippen molar-refractivity contribution in [2.75, 3.05) is 19.6 Å². The highest BCUT2D eigenvalue weighted by atomic mass is 32.2. The van der Waals surface area contributed by atoms with Gasteiger partial charge in [-0.3, -0.25) is 4.79 Å². The molecule has 1 aliphatic heterocycles. The van der Waals surface area contributed by atoms with E-state index in [4.69, 9.17) is 6.42 Å². The largest absolute Gasteiger partial charge is 0.341 e. The smallest absolute Gasteiger partial charge is 0.252 e. The number of sulfonamides is 1. The summed E-state index contributed by atoms with van der Waals surface area (Å²) in [6, 6.07) is 3.15. The van der Waals surface area contributed by atoms with Crippen LogP contribution in [0.5, 0.6) is 0 Å². The van der Waals surface area contributed by atoms with E-state index < -0.39 is 10.0 Å². The second-order valence-corrected chi connectivity index (χ2v) is 8.30. The molecule has 1 heterocycles. The Kier molecular flexibility index (Phi) is 5.68. The highest BCUT2D eigenvalue weighted by molar-refractivity contribution is 7.89. The van der Waals surface area contributed by atoms with Gasteiger partial charge < -0.3 is 5.32 Å². The van der Waals surface area contributed by atoms with Gasteiger partial charge in [0, 0.05) is 18.7 Å². The van der Waals surface area contributed by atoms with Crippen LogP contribution in [0, 0.1) is 32.1 Å². The molecule has 0 aliphatic carbocycles. The number of terminal acetylenes is 1. The predicted molar refractivity (Wildman–Crippen MR) is 94.2 cm³/mol. The van der Waals surface area contributed by atoms with Crippen LogP contribution in [0.3, 0.4) is 0 Å². The van der Waals surface area contributed by atoms with Crippen LogP contribution in [0.4, 0.5) is 0 Å². The zero-order valence-corrected chi connectivity index (χ0v) is 15.2. The zero-order chi connectivity index (χ0) is 17.9. The van der Waals surface area contributed by atoms with E-state index in [9.17, 15) is 13.2 Å². The summed E-state index contributed by atoms with van der Waals surface area (Å²) in [5, 5.41) is 2.58. The number of rotatable bonds is 4. The predicted octanol–water partition coefficient (Wildman–Crippen LogP) is 2.09. The Balaban J connectivity index is 2.40. The molecule has 0 unspecified atom stereocenters. The number of amides is 1. The number of nitrogens with zero attached hydrogens (tertiary/aromatic N) is 1. The first kappa shape index (κ1) is 18.5. The third-order valence-electron chi connectivity index (χ3n) is 4.59. The van der Waals surface area contributed by atoms with Crippen molar-refractivity contribution < 1.29 is 13.2 Å². The van der Waals surface area contributed by atoms with Crippen molar-refractivity contribution in [2.24, 2.45) is 5.92 Å². The van der Waals surface area contributed by atoms with Crippen molar-refractivity contribution in [3.63, 3.8) is 0 Å². The van der Waals surface area contributed by atoms with Gasteiger partial charge in [0.05, 0.1) is 11.4 Å². The average molecular weight is 348 g/mol. The molecule has 1 saturated heterocycles. The summed E-state index contributed by atoms with van der Waals surface area (Å²) >= 11 is 0. The minimum Gasteiger partial charge on any atom is -0.341 e. The number of piperidine rings is 1. The number of benzene rings is 1. The van der Waals surface area contributed by atoms with Crippen molar-refractivity contribution in [1.82, 2.24) is 9.62 Å². The molecule has 0 radical (unpaired) electrons. The van der Waals surface area contributed by atoms with Crippen molar-refractivity contribution in [3.8, 4) is 12.3 Å². The van der Waals surface area contributed by atoms with Gasteiger partial charge in [-0.05, 0) is 55.9 Å². The van der Waals surface area contributed by atoms with Gasteiger partial charge in [-0.1, -0.05) is 12.8 Å². The fourth-order valence-electron chi connectivity index (χ4n) is 2.82. The second-order valence-electron chi connectivity index (χ2n) is 6.39. The molecule has 2 rings (SSSR count). The van der Waals surface area contributed by atoms with Crippen LogP contribution in [0.2, 0.25) is 0 Å². The van der Waals surface area contributed by atoms with E-state index in [1.165, 1.54) is 10.4 Å². The molecule has 0 atom stereocenters. The second kappa shape index (κ2) is 7.37. The summed E-state index contributed by atoms with van der Waals surface area (Å²) in [6.07, 6.45) is 6.87. The molecular weight excluding hydrogens is 324 g/mol. The first-order chi connectivity index (χ1) is 11.3. The number of carbonyl (C=O) groups excluding carboxylic acids is 1. The minimum atomic E-state index is -3.60. The van der Waals surface area contributed by atoms with Crippen LogP contribution in [-0.2, 0) is 10.0 Å². The summed E-state index contributed by atoms with van der Waals surface area (Å²) in [7, 11) is -3.60. The van der Waals surface area contributed by atoms with E-state index in [1.54, 1.807) is 13.0 Å². The van der Waals surface area contributed by atoms with Crippen LogP contribution in [0.25, 0.3) is 0 Å². The van der Waals surface area contributed by atoms with Crippen molar-refractivity contribution in [2.45, 2.75) is 38.5 Å². The summed E-state index contributed by atoms with van der Waals surface area (Å²) in [5.41, 5.74) is 1.77. The number of carbonyl (C=O) groups is 1. The lowest BCUT2D eigenvalue weighted by molar-refractivity contribution is 0.0958. The minimum absolute atomic E-state index is 0.109. The van der Waals surface area contributed by atoms with E-state index in [2.05, 4.69) is 18.2 Å². The standard InChI is InChI=1S/C18H24N2O3S/c1-5-8-19-18(21)16-11-14(3)15(4)17(12-16)24(22,23)20-9-6-13(2)7-10-20/h1,11-13H,6-10H2,2-4H3,(H,19,21). The summed E-state index contributed by atoms with van der Waals surface area (Å²) < 4.78 is 27.6. The molecule has 0 bridgehead atoms. The Bertz CT molecular complexity index is 770. The maximum absolute atomic E-state index is 13.0. The molecule has 1 aromatic rings. The molecule has 1 aromatic carbocycles. The molecule has 5 nitrogen and oxygen atoms in total. The first-order valence-corrected chi connectivity index (χ1v) is 9.54. The van der Waals surface area contributed by atoms with Crippen molar-refractivity contribution in [3.05, 3.63) is 28.8 Å². The number of aryl methyl sites for hydroxylation is 1. The third kappa shape index (κ3) is 3.80. The highest BCUT2D eigenvalue weighted by Gasteiger charge is 2.30. The maximum Gasteiger partial charge on any atom is 0.252 e. The Morgan fingerprint density at radius 2 is 1.96 bits per heavy atom. The van der Waals surface area contributed by atoms with Crippen LogP contribution in [0.1, 0.15) is 41.3 Å². The van der Waals surface area contributed by atoms with Gasteiger partial charge in [-0.2, -0.15) is 4.31 Å². The normalized spacial score (nSPS) is 16.6. The molecule has 1 aliphatic rings. The molecule has 1 amide bonds. The molecule has 0 aromatic heterocycles. The lowest BCUT2D eigenvalue weighted by atomic mass is 10.0. The van der Waals surface area contributed by atoms with Gasteiger partial charge in [0.25, 0.3) is 5.91 Å². The first-order valence-electron chi connectivity index (χ1n) is 8.10. The monoisotopic (exact) mass is 348 g/mol. The van der Waals surface area contributed by atoms with Crippen LogP contribution < -0.4 is 5.32 Å². The van der Waals surface area contributed by atoms with E-state index in [-0.39, 0.29) is 17.3 Å². The average Bonchev–Trinajstić information content (AvgIpc) is 2.55. The van der Waals surface area contributed by atoms with Crippen molar-refractivity contribution >= 4 is 15.9 Å². The Hall–Kier alpha value is -1.84. The lowest BCUT2D eigenvalue weighted by Crippen LogP contribution is -2.38. The Morgan fingerprint density at radius 1 is 1.33 bits per heavy atom. The molecule has 130 valence electrons. The molecule has 0 saturated carbocycles. The number of nitrogens with one attached hydrogen (secondary N) is 1. The van der Waals surface area contributed by atoms with E-state index >= 15 is 0 Å². The van der Waals surface area contributed by atoms with Crippen LogP contribution in [0.15, 0.2) is 17.0 Å². The molecule has 1 N–H and O–H groups in total. The summed E-state index contributed by atoms with van der Waals surface area (Å²) in [4.78, 5) is 12.4. The van der Waals surface area contributed by atoms with Crippen LogP contribution in [-0.4, -0.2) is 38.3 Å². The maximum atomic E-state index is 13.0. The lowest BCUT2D eigenvalue weighted by Gasteiger charge is -2.30. The van der Waals surface area contributed by atoms with E-state index in [0.717, 1.165) is 18.4 Å². The third-order valence-corrected chi connectivity index (χ3v) is 6.62. The molecule has 1 fully saturated rings. The van der Waals surface area contributed by atoms with Crippen molar-refractivity contribution in [1.29, 1.82) is 0 Å². The van der Waals surface area contributed by atoms with Gasteiger partial charge in [0.15, 0.2) is 0 Å². The van der Waals surface area contributed by atoms with Gasteiger partial charge >= 0.3 is 0 Å². The molecule has 24 heavy (non-hydrogen) atoms. The quantitative estimate of drug-likeness (QED) is 0.847. The zero-order valence-electron chi connectivity index (χ0n) is 14.4. The van der Waals surface area contributed by atoms with Crippen LogP contribution >= 0.6 is 0 Å². The van der Waals surface area contributed by atoms with Gasteiger partial charge in [0.2, 0.25) is 10.0 Å². The SMILES string of the molecule is C#CCNC(=O)c1cc(C)c(C)c(S(=O)(=O)N2CCC(C)CC2)c1. The highest BCUT2D eigenvalue weighted by Crippen LogP contribution is 2.27. The Morgan fingerprint density at radius 3 is 2.54 bits per heavy atom. The van der Waals surface area contributed by atoms with Gasteiger partial charge in [-0.15, -0.1) is 6.42 Å². The fraction of sp³-hybridized carbons (Fsp3) is 0.500. The van der Waals surface area contributed by atoms with Gasteiger partial charge in [-0.25, -0.2) is 8.42 Å². The fourth-order valence-corrected chi connectivity index (χ4v) is 4.62. The Labute approximate surface area is 144 Å². The summed E-state index contributed by atoms with van der Waals surface area (Å²) in [5.74, 6) is 2.52. The van der Waals surface area contributed by atoms with E-state index in [0.29, 0.717) is 30.1 Å². The van der Waals surface area contributed by atoms with E-state index in [1.807, 2.05) is 6.92 Å². The molecule has 6 heteroatoms. The summed E-state index contributed by atoms with van der Waals surface area (Å²) in [6.45, 7) is 6.88. The van der Waals surface area contributed by atoms with Gasteiger partial charge in [0.1, 0.15) is 0 Å². The number of hydrogen-bond acceptors (Lipinski definition) is 3.